The van der Waals surface area contributed by atoms with Crippen LogP contribution >= 0.6 is 0 Å². The smallest absolute Gasteiger partial charge is 0.435 e. The summed E-state index contributed by atoms with van der Waals surface area (Å²) in [6, 6.07) is 0. The number of halogens is 1. The SMILES string of the molecule is C#C[C@]1(COC(=O)OCC)O[C@@H](CC2C=Nc3c(N)nc(F)nc3CC2)C[C@@H]1O. The molecule has 10 heteroatoms. The first-order valence-corrected chi connectivity index (χ1v) is 9.36. The number of fused-ring (bicyclic) bond motifs is 1. The molecule has 1 fully saturated rings. The van der Waals surface area contributed by atoms with Crippen molar-refractivity contribution in [3.05, 3.63) is 11.8 Å². The number of aliphatic hydroxyl groups is 1. The lowest BCUT2D eigenvalue weighted by Gasteiger charge is -2.26. The lowest BCUT2D eigenvalue weighted by molar-refractivity contribution is -0.0845. The van der Waals surface area contributed by atoms with Crippen molar-refractivity contribution in [3.8, 4) is 12.3 Å². The van der Waals surface area contributed by atoms with E-state index < -0.39 is 23.9 Å². The zero-order valence-corrected chi connectivity index (χ0v) is 16.0. The van der Waals surface area contributed by atoms with Gasteiger partial charge in [-0.3, -0.25) is 4.99 Å². The average molecular weight is 406 g/mol. The van der Waals surface area contributed by atoms with Gasteiger partial charge in [0.25, 0.3) is 0 Å². The normalized spacial score (nSPS) is 28.3. The number of nitrogen functional groups attached to an aromatic ring is 1. The molecule has 3 N–H and O–H groups in total. The Morgan fingerprint density at radius 3 is 3.03 bits per heavy atom. The molecule has 156 valence electrons. The van der Waals surface area contributed by atoms with Crippen LogP contribution in [0.15, 0.2) is 4.99 Å². The summed E-state index contributed by atoms with van der Waals surface area (Å²) >= 11 is 0. The van der Waals surface area contributed by atoms with Gasteiger partial charge in [-0.05, 0) is 32.1 Å². The van der Waals surface area contributed by atoms with Crippen molar-refractivity contribution in [1.82, 2.24) is 9.97 Å². The van der Waals surface area contributed by atoms with E-state index in [1.165, 1.54) is 0 Å². The molecule has 0 radical (unpaired) electrons. The van der Waals surface area contributed by atoms with Gasteiger partial charge in [0.1, 0.15) is 18.4 Å². The maximum Gasteiger partial charge on any atom is 0.508 e. The molecular weight excluding hydrogens is 383 g/mol. The number of carbonyl (C=O) groups is 1. The molecular formula is C19H23FN4O5. The lowest BCUT2D eigenvalue weighted by atomic mass is 9.93. The zero-order valence-electron chi connectivity index (χ0n) is 16.0. The van der Waals surface area contributed by atoms with Gasteiger partial charge in [-0.15, -0.1) is 6.42 Å². The van der Waals surface area contributed by atoms with Crippen LogP contribution in [0.25, 0.3) is 0 Å². The highest BCUT2D eigenvalue weighted by molar-refractivity contribution is 5.73. The minimum atomic E-state index is -1.43. The van der Waals surface area contributed by atoms with Crippen molar-refractivity contribution < 1.29 is 28.5 Å². The Bertz CT molecular complexity index is 843. The number of terminal acetylenes is 1. The van der Waals surface area contributed by atoms with Crippen LogP contribution in [0.5, 0.6) is 0 Å². The number of aryl methyl sites for hydroxylation is 1. The molecule has 0 aliphatic carbocycles. The third-order valence-corrected chi connectivity index (χ3v) is 5.00. The minimum absolute atomic E-state index is 0.000554. The molecule has 0 bridgehead atoms. The number of nitrogens with two attached hydrogens (primary N) is 1. The Morgan fingerprint density at radius 1 is 1.52 bits per heavy atom. The number of carbonyl (C=O) groups excluding carboxylic acids is 1. The fourth-order valence-electron chi connectivity index (χ4n) is 3.53. The molecule has 0 aromatic carbocycles. The predicted octanol–water partition coefficient (Wildman–Crippen LogP) is 1.55. The Morgan fingerprint density at radius 2 is 2.31 bits per heavy atom. The molecule has 2 aliphatic heterocycles. The van der Waals surface area contributed by atoms with E-state index in [2.05, 4.69) is 20.9 Å². The van der Waals surface area contributed by atoms with E-state index in [0.29, 0.717) is 30.6 Å². The summed E-state index contributed by atoms with van der Waals surface area (Å²) in [6.07, 6.45) is 6.09. The number of aliphatic imine (C=N–C) groups is 1. The van der Waals surface area contributed by atoms with Gasteiger partial charge < -0.3 is 25.1 Å². The van der Waals surface area contributed by atoms with Gasteiger partial charge >= 0.3 is 12.2 Å². The zero-order chi connectivity index (χ0) is 21.0. The van der Waals surface area contributed by atoms with Crippen LogP contribution in [0.4, 0.5) is 20.7 Å². The summed E-state index contributed by atoms with van der Waals surface area (Å²) in [7, 11) is 0. The molecule has 1 aromatic heterocycles. The van der Waals surface area contributed by atoms with Gasteiger partial charge in [0.2, 0.25) is 0 Å². The van der Waals surface area contributed by atoms with E-state index >= 15 is 0 Å². The quantitative estimate of drug-likeness (QED) is 0.428. The molecule has 3 heterocycles. The summed E-state index contributed by atoms with van der Waals surface area (Å²) < 4.78 is 29.0. The maximum absolute atomic E-state index is 13.4. The summed E-state index contributed by atoms with van der Waals surface area (Å²) in [5.74, 6) is 2.39. The summed E-state index contributed by atoms with van der Waals surface area (Å²) in [4.78, 5) is 23.0. The first kappa shape index (κ1) is 21.0. The highest BCUT2D eigenvalue weighted by Gasteiger charge is 2.48. The fraction of sp³-hybridized carbons (Fsp3) is 0.579. The second-order valence-corrected chi connectivity index (χ2v) is 6.98. The van der Waals surface area contributed by atoms with Crippen molar-refractivity contribution in [1.29, 1.82) is 0 Å². The first-order chi connectivity index (χ1) is 13.9. The molecule has 2 aliphatic rings. The van der Waals surface area contributed by atoms with E-state index in [4.69, 9.17) is 26.4 Å². The van der Waals surface area contributed by atoms with Gasteiger partial charge in [0.15, 0.2) is 11.4 Å². The van der Waals surface area contributed by atoms with Gasteiger partial charge in [-0.1, -0.05) is 5.92 Å². The molecule has 0 amide bonds. The first-order valence-electron chi connectivity index (χ1n) is 9.36. The van der Waals surface area contributed by atoms with Gasteiger partial charge in [-0.2, -0.15) is 9.37 Å². The number of nitrogens with zero attached hydrogens (tertiary/aromatic N) is 3. The van der Waals surface area contributed by atoms with Gasteiger partial charge in [0.05, 0.1) is 18.4 Å². The van der Waals surface area contributed by atoms with E-state index in [9.17, 15) is 14.3 Å². The topological polar surface area (TPSA) is 129 Å². The monoisotopic (exact) mass is 406 g/mol. The van der Waals surface area contributed by atoms with E-state index in [0.717, 1.165) is 0 Å². The molecule has 4 atom stereocenters. The van der Waals surface area contributed by atoms with Crippen molar-refractivity contribution in [2.75, 3.05) is 18.9 Å². The Hall–Kier alpha value is -2.77. The molecule has 3 rings (SSSR count). The van der Waals surface area contributed by atoms with Crippen LogP contribution in [0, 0.1) is 24.3 Å². The van der Waals surface area contributed by atoms with E-state index in [1.54, 1.807) is 13.1 Å². The van der Waals surface area contributed by atoms with Crippen LogP contribution in [-0.4, -0.2) is 58.5 Å². The van der Waals surface area contributed by atoms with Crippen LogP contribution in [0.3, 0.4) is 0 Å². The maximum atomic E-state index is 13.4. The average Bonchev–Trinajstić information content (AvgIpc) is 2.84. The number of aliphatic hydroxyl groups excluding tert-OH is 1. The molecule has 9 nitrogen and oxygen atoms in total. The number of ether oxygens (including phenoxy) is 3. The van der Waals surface area contributed by atoms with E-state index in [1.807, 2.05) is 0 Å². The van der Waals surface area contributed by atoms with Crippen molar-refractivity contribution in [2.45, 2.75) is 50.4 Å². The molecule has 0 spiro atoms. The van der Waals surface area contributed by atoms with Gasteiger partial charge in [0, 0.05) is 12.6 Å². The third kappa shape index (κ3) is 4.63. The van der Waals surface area contributed by atoms with Gasteiger partial charge in [-0.25, -0.2) is 9.78 Å². The van der Waals surface area contributed by atoms with Crippen molar-refractivity contribution >= 4 is 23.9 Å². The van der Waals surface area contributed by atoms with Crippen molar-refractivity contribution in [2.24, 2.45) is 10.9 Å². The highest BCUT2D eigenvalue weighted by Crippen LogP contribution is 2.36. The highest BCUT2D eigenvalue weighted by atomic mass is 19.1. The summed E-state index contributed by atoms with van der Waals surface area (Å²) in [5, 5.41) is 10.4. The second kappa shape index (κ2) is 8.71. The molecule has 0 saturated carbocycles. The number of aromatic nitrogens is 2. The number of anilines is 1. The second-order valence-electron chi connectivity index (χ2n) is 6.98. The number of rotatable bonds is 5. The Labute approximate surface area is 167 Å². The third-order valence-electron chi connectivity index (χ3n) is 5.00. The van der Waals surface area contributed by atoms with Crippen LogP contribution < -0.4 is 5.73 Å². The van der Waals surface area contributed by atoms with Crippen LogP contribution in [0.2, 0.25) is 0 Å². The molecule has 1 saturated heterocycles. The Kier molecular flexibility index (Phi) is 6.30. The number of hydrogen-bond donors (Lipinski definition) is 2. The Balaban J connectivity index is 1.63. The predicted molar refractivity (Wildman–Crippen MR) is 101 cm³/mol. The lowest BCUT2D eigenvalue weighted by Crippen LogP contribution is -2.43. The largest absolute Gasteiger partial charge is 0.508 e. The summed E-state index contributed by atoms with van der Waals surface area (Å²) in [5.41, 5.74) is 5.14. The molecule has 29 heavy (non-hydrogen) atoms. The van der Waals surface area contributed by atoms with Crippen molar-refractivity contribution in [3.63, 3.8) is 0 Å². The van der Waals surface area contributed by atoms with Crippen LogP contribution in [0.1, 0.15) is 31.9 Å². The van der Waals surface area contributed by atoms with Crippen LogP contribution in [-0.2, 0) is 20.6 Å². The number of hydrogen-bond acceptors (Lipinski definition) is 9. The van der Waals surface area contributed by atoms with E-state index in [-0.39, 0.29) is 37.5 Å². The minimum Gasteiger partial charge on any atom is -0.435 e. The molecule has 1 aromatic rings. The summed E-state index contributed by atoms with van der Waals surface area (Å²) in [6.45, 7) is 1.50. The molecule has 1 unspecified atom stereocenters. The standard InChI is InChI=1S/C19H23FN4O5/c1-3-19(10-28-18(26)27-4-2)14(25)8-12(29-19)7-11-5-6-13-15(22-9-11)16(21)24-17(20)23-13/h1,9,11-12,14,25H,4-8,10H2,2H3,(H2,21,23,24)/t11?,12-,14-,19+/m0/s1. The fourth-order valence-corrected chi connectivity index (χ4v) is 3.53.